The first-order chi connectivity index (χ1) is 8.74. The number of aromatic nitrogens is 2. The molecular weight excluding hydrogens is 222 g/mol. The summed E-state index contributed by atoms with van der Waals surface area (Å²) in [5.41, 5.74) is 1.07. The predicted molar refractivity (Wildman–Crippen MR) is 76.8 cm³/mol. The van der Waals surface area contributed by atoms with Crippen molar-refractivity contribution >= 4 is 5.95 Å². The third-order valence-electron chi connectivity index (χ3n) is 3.97. The minimum atomic E-state index is 0.592. The van der Waals surface area contributed by atoms with Gasteiger partial charge in [0.2, 0.25) is 5.95 Å². The maximum Gasteiger partial charge on any atom is 0.203 e. The van der Waals surface area contributed by atoms with Crippen molar-refractivity contribution in [1.82, 2.24) is 9.55 Å². The van der Waals surface area contributed by atoms with Crippen LogP contribution in [-0.4, -0.2) is 15.6 Å². The van der Waals surface area contributed by atoms with Crippen LogP contribution in [0.15, 0.2) is 18.9 Å². The van der Waals surface area contributed by atoms with E-state index >= 15 is 0 Å². The van der Waals surface area contributed by atoms with Crippen LogP contribution in [0.4, 0.5) is 5.95 Å². The molecule has 0 aromatic carbocycles. The Kier molecular flexibility index (Phi) is 4.45. The Hall–Kier alpha value is -1.25. The van der Waals surface area contributed by atoms with Crippen molar-refractivity contribution in [2.45, 2.75) is 58.5 Å². The molecule has 2 rings (SSSR count). The van der Waals surface area contributed by atoms with Gasteiger partial charge in [-0.25, -0.2) is 4.98 Å². The van der Waals surface area contributed by atoms with E-state index in [2.05, 4.69) is 34.6 Å². The molecule has 100 valence electrons. The third kappa shape index (κ3) is 2.95. The first kappa shape index (κ1) is 13.2. The molecule has 0 aliphatic heterocycles. The molecule has 1 aliphatic rings. The molecule has 0 bridgehead atoms. The van der Waals surface area contributed by atoms with Gasteiger partial charge in [0.25, 0.3) is 0 Å². The summed E-state index contributed by atoms with van der Waals surface area (Å²) < 4.78 is 2.16. The number of nitrogens with one attached hydrogen (secondary N) is 1. The maximum absolute atomic E-state index is 4.60. The quantitative estimate of drug-likeness (QED) is 0.803. The molecule has 0 saturated heterocycles. The van der Waals surface area contributed by atoms with Crippen molar-refractivity contribution in [2.24, 2.45) is 5.92 Å². The van der Waals surface area contributed by atoms with E-state index in [9.17, 15) is 0 Å². The fraction of sp³-hybridized carbons (Fsp3) is 0.667. The summed E-state index contributed by atoms with van der Waals surface area (Å²) in [5.74, 6) is 1.81. The first-order valence-electron chi connectivity index (χ1n) is 7.15. The van der Waals surface area contributed by atoms with E-state index in [1.165, 1.54) is 32.1 Å². The van der Waals surface area contributed by atoms with Gasteiger partial charge in [-0.2, -0.15) is 0 Å². The van der Waals surface area contributed by atoms with Crippen LogP contribution in [0.3, 0.4) is 0 Å². The minimum absolute atomic E-state index is 0.592. The Labute approximate surface area is 110 Å². The molecule has 3 nitrogen and oxygen atoms in total. The van der Waals surface area contributed by atoms with Crippen LogP contribution in [0.5, 0.6) is 0 Å². The number of allylic oxidation sites excluding steroid dienone is 1. The lowest BCUT2D eigenvalue weighted by atomic mass is 9.83. The highest BCUT2D eigenvalue weighted by atomic mass is 15.2. The number of anilines is 1. The number of imidazole rings is 1. The van der Waals surface area contributed by atoms with E-state index in [1.54, 1.807) is 0 Å². The molecule has 1 heterocycles. The van der Waals surface area contributed by atoms with E-state index in [4.69, 9.17) is 0 Å². The van der Waals surface area contributed by atoms with Gasteiger partial charge in [0.05, 0.1) is 5.69 Å². The van der Waals surface area contributed by atoms with Gasteiger partial charge >= 0.3 is 0 Å². The highest BCUT2D eigenvalue weighted by molar-refractivity contribution is 5.31. The lowest BCUT2D eigenvalue weighted by molar-refractivity contribution is 0.315. The molecule has 1 aliphatic carbocycles. The zero-order chi connectivity index (χ0) is 13.0. The molecular formula is C15H25N3. The lowest BCUT2D eigenvalue weighted by Gasteiger charge is -2.31. The zero-order valence-corrected chi connectivity index (χ0v) is 11.7. The number of hydrogen-bond donors (Lipinski definition) is 1. The summed E-state index contributed by atoms with van der Waals surface area (Å²) >= 11 is 0. The minimum Gasteiger partial charge on any atom is -0.353 e. The summed E-state index contributed by atoms with van der Waals surface area (Å²) in [6.07, 6.45) is 10.6. The van der Waals surface area contributed by atoms with Gasteiger partial charge in [-0.1, -0.05) is 32.3 Å². The Morgan fingerprint density at radius 3 is 3.00 bits per heavy atom. The molecule has 3 heteroatoms. The van der Waals surface area contributed by atoms with Crippen LogP contribution in [0.25, 0.3) is 0 Å². The van der Waals surface area contributed by atoms with Crippen molar-refractivity contribution in [1.29, 1.82) is 0 Å². The first-order valence-corrected chi connectivity index (χ1v) is 7.15. The molecule has 1 saturated carbocycles. The van der Waals surface area contributed by atoms with Gasteiger partial charge in [0.15, 0.2) is 0 Å². The summed E-state index contributed by atoms with van der Waals surface area (Å²) in [7, 11) is 0. The second-order valence-corrected chi connectivity index (χ2v) is 5.35. The van der Waals surface area contributed by atoms with Gasteiger partial charge in [-0.3, -0.25) is 0 Å². The van der Waals surface area contributed by atoms with Crippen molar-refractivity contribution in [3.63, 3.8) is 0 Å². The summed E-state index contributed by atoms with van der Waals surface area (Å²) in [4.78, 5) is 4.60. The average Bonchev–Trinajstić information content (AvgIpc) is 2.71. The van der Waals surface area contributed by atoms with Gasteiger partial charge in [0.1, 0.15) is 0 Å². The van der Waals surface area contributed by atoms with Crippen LogP contribution >= 0.6 is 0 Å². The monoisotopic (exact) mass is 247 g/mol. The molecule has 1 aromatic rings. The van der Waals surface area contributed by atoms with E-state index < -0.39 is 0 Å². The molecule has 1 aromatic heterocycles. The van der Waals surface area contributed by atoms with Gasteiger partial charge in [-0.05, 0) is 25.7 Å². The Morgan fingerprint density at radius 1 is 1.50 bits per heavy atom. The standard InChI is InChI=1S/C15H25N3/c1-4-10-18-11-12(3)16-15(18)17-14-9-7-6-8-13(14)5-2/h4,11,13-14H,1,5-10H2,2-3H3,(H,16,17). The fourth-order valence-corrected chi connectivity index (χ4v) is 2.99. The molecule has 2 atom stereocenters. The highest BCUT2D eigenvalue weighted by Gasteiger charge is 2.24. The smallest absolute Gasteiger partial charge is 0.203 e. The Morgan fingerprint density at radius 2 is 2.28 bits per heavy atom. The number of aryl methyl sites for hydroxylation is 1. The van der Waals surface area contributed by atoms with E-state index in [0.717, 1.165) is 24.1 Å². The zero-order valence-electron chi connectivity index (χ0n) is 11.7. The number of nitrogens with zero attached hydrogens (tertiary/aromatic N) is 2. The second-order valence-electron chi connectivity index (χ2n) is 5.35. The summed E-state index contributed by atoms with van der Waals surface area (Å²) in [6.45, 7) is 8.98. The van der Waals surface area contributed by atoms with Crippen LogP contribution in [0.1, 0.15) is 44.7 Å². The fourth-order valence-electron chi connectivity index (χ4n) is 2.99. The van der Waals surface area contributed by atoms with Gasteiger partial charge < -0.3 is 9.88 Å². The van der Waals surface area contributed by atoms with Crippen molar-refractivity contribution in [3.8, 4) is 0 Å². The summed E-state index contributed by atoms with van der Waals surface area (Å²) in [6, 6.07) is 0.592. The van der Waals surface area contributed by atoms with Crippen LogP contribution in [0.2, 0.25) is 0 Å². The third-order valence-corrected chi connectivity index (χ3v) is 3.97. The van der Waals surface area contributed by atoms with Crippen molar-refractivity contribution in [2.75, 3.05) is 5.32 Å². The van der Waals surface area contributed by atoms with Crippen molar-refractivity contribution in [3.05, 3.63) is 24.5 Å². The van der Waals surface area contributed by atoms with Crippen molar-refractivity contribution < 1.29 is 0 Å². The number of rotatable bonds is 5. The molecule has 18 heavy (non-hydrogen) atoms. The van der Waals surface area contributed by atoms with Crippen LogP contribution in [0, 0.1) is 12.8 Å². The predicted octanol–water partition coefficient (Wildman–Crippen LogP) is 3.76. The molecule has 0 spiro atoms. The molecule has 0 radical (unpaired) electrons. The highest BCUT2D eigenvalue weighted by Crippen LogP contribution is 2.29. The topological polar surface area (TPSA) is 29.9 Å². The maximum atomic E-state index is 4.60. The van der Waals surface area contributed by atoms with E-state index in [-0.39, 0.29) is 0 Å². The van der Waals surface area contributed by atoms with Crippen LogP contribution in [-0.2, 0) is 6.54 Å². The normalized spacial score (nSPS) is 23.9. The Balaban J connectivity index is 2.09. The van der Waals surface area contributed by atoms with E-state index in [1.807, 2.05) is 13.0 Å². The number of hydrogen-bond acceptors (Lipinski definition) is 2. The Bertz CT molecular complexity index is 394. The van der Waals surface area contributed by atoms with Gasteiger partial charge in [-0.15, -0.1) is 6.58 Å². The molecule has 1 fully saturated rings. The summed E-state index contributed by atoms with van der Waals surface area (Å²) in [5, 5.41) is 3.66. The molecule has 2 unspecified atom stereocenters. The van der Waals surface area contributed by atoms with Crippen LogP contribution < -0.4 is 5.32 Å². The van der Waals surface area contributed by atoms with Gasteiger partial charge in [0, 0.05) is 18.8 Å². The average molecular weight is 247 g/mol. The molecule has 1 N–H and O–H groups in total. The SMILES string of the molecule is C=CCn1cc(C)nc1NC1CCCCC1CC. The van der Waals surface area contributed by atoms with E-state index in [0.29, 0.717) is 6.04 Å². The molecule has 0 amide bonds. The second kappa shape index (κ2) is 6.07. The largest absolute Gasteiger partial charge is 0.353 e. The lowest BCUT2D eigenvalue weighted by Crippen LogP contribution is -2.32.